The standard InChI is InChI=1S/C16H16N4O2S2/c1-3-7-17-13-10(9-11-15(22)19(2)16(23)24-11)14(21)20-8-5-4-6-12(20)18-13/h4-6,8-9,17H,3,7H2,1-2H3. The molecule has 0 aromatic carbocycles. The summed E-state index contributed by atoms with van der Waals surface area (Å²) in [5.74, 6) is 0.276. The zero-order chi connectivity index (χ0) is 17.3. The molecule has 1 N–H and O–H groups in total. The van der Waals surface area contributed by atoms with E-state index in [4.69, 9.17) is 12.2 Å². The molecular formula is C16H16N4O2S2. The van der Waals surface area contributed by atoms with Gasteiger partial charge in [0, 0.05) is 19.8 Å². The second kappa shape index (κ2) is 6.74. The molecule has 1 fully saturated rings. The molecule has 2 aromatic rings. The van der Waals surface area contributed by atoms with Crippen LogP contribution in [0.25, 0.3) is 11.7 Å². The van der Waals surface area contributed by atoms with E-state index in [1.807, 2.05) is 13.0 Å². The molecule has 1 aliphatic heterocycles. The number of hydrogen-bond acceptors (Lipinski definition) is 6. The number of pyridine rings is 1. The van der Waals surface area contributed by atoms with Crippen molar-refractivity contribution < 1.29 is 4.79 Å². The first kappa shape index (κ1) is 16.7. The van der Waals surface area contributed by atoms with Crippen LogP contribution in [0.1, 0.15) is 18.9 Å². The lowest BCUT2D eigenvalue weighted by molar-refractivity contribution is -0.121. The summed E-state index contributed by atoms with van der Waals surface area (Å²) in [7, 11) is 1.63. The molecule has 24 heavy (non-hydrogen) atoms. The number of rotatable bonds is 4. The van der Waals surface area contributed by atoms with Gasteiger partial charge in [-0.3, -0.25) is 18.9 Å². The first-order chi connectivity index (χ1) is 11.5. The summed E-state index contributed by atoms with van der Waals surface area (Å²) in [6.45, 7) is 2.72. The van der Waals surface area contributed by atoms with Crippen LogP contribution in [0.15, 0.2) is 34.1 Å². The van der Waals surface area contributed by atoms with Gasteiger partial charge in [-0.15, -0.1) is 0 Å². The highest BCUT2D eigenvalue weighted by atomic mass is 32.2. The Labute approximate surface area is 148 Å². The van der Waals surface area contributed by atoms with Crippen LogP contribution in [0.4, 0.5) is 5.82 Å². The number of thiocarbonyl (C=S) groups is 1. The fourth-order valence-electron chi connectivity index (χ4n) is 2.29. The van der Waals surface area contributed by atoms with Gasteiger partial charge in [0.15, 0.2) is 0 Å². The zero-order valence-electron chi connectivity index (χ0n) is 13.3. The molecule has 0 saturated carbocycles. The Morgan fingerprint density at radius 3 is 2.83 bits per heavy atom. The number of thioether (sulfide) groups is 1. The summed E-state index contributed by atoms with van der Waals surface area (Å²) in [5.41, 5.74) is 0.697. The molecule has 6 nitrogen and oxygen atoms in total. The third kappa shape index (κ3) is 2.94. The van der Waals surface area contributed by atoms with Crippen LogP contribution in [-0.2, 0) is 4.79 Å². The quantitative estimate of drug-likeness (QED) is 0.667. The van der Waals surface area contributed by atoms with Gasteiger partial charge in [0.25, 0.3) is 11.5 Å². The molecule has 0 spiro atoms. The van der Waals surface area contributed by atoms with Gasteiger partial charge in [0.1, 0.15) is 15.8 Å². The van der Waals surface area contributed by atoms with E-state index in [-0.39, 0.29) is 11.5 Å². The van der Waals surface area contributed by atoms with Crippen molar-refractivity contribution in [3.8, 4) is 0 Å². The van der Waals surface area contributed by atoms with Gasteiger partial charge in [0.2, 0.25) is 0 Å². The monoisotopic (exact) mass is 360 g/mol. The number of likely N-dealkylation sites (N-methyl/N-ethyl adjacent to an activating group) is 1. The predicted octanol–water partition coefficient (Wildman–Crippen LogP) is 2.35. The van der Waals surface area contributed by atoms with Gasteiger partial charge in [-0.25, -0.2) is 4.98 Å². The van der Waals surface area contributed by atoms with Crippen LogP contribution in [0, 0.1) is 0 Å². The Bertz CT molecular complexity index is 920. The average molecular weight is 360 g/mol. The van der Waals surface area contributed by atoms with Crippen LogP contribution >= 0.6 is 24.0 Å². The first-order valence-corrected chi connectivity index (χ1v) is 8.72. The SMILES string of the molecule is CCCNc1nc2ccccn2c(=O)c1C=C1SC(=S)N(C)C1=O. The van der Waals surface area contributed by atoms with E-state index in [0.717, 1.165) is 6.42 Å². The molecule has 0 aliphatic carbocycles. The van der Waals surface area contributed by atoms with Crippen molar-refractivity contribution in [3.63, 3.8) is 0 Å². The van der Waals surface area contributed by atoms with Gasteiger partial charge in [-0.05, 0) is 24.6 Å². The molecule has 3 heterocycles. The van der Waals surface area contributed by atoms with E-state index in [1.165, 1.54) is 21.1 Å². The number of anilines is 1. The zero-order valence-corrected chi connectivity index (χ0v) is 14.9. The summed E-state index contributed by atoms with van der Waals surface area (Å²) in [5, 5.41) is 3.17. The number of fused-ring (bicyclic) bond motifs is 1. The molecule has 3 rings (SSSR count). The fraction of sp³-hybridized carbons (Fsp3) is 0.250. The van der Waals surface area contributed by atoms with Crippen molar-refractivity contribution in [2.24, 2.45) is 0 Å². The summed E-state index contributed by atoms with van der Waals surface area (Å²) < 4.78 is 1.94. The number of hydrogen-bond donors (Lipinski definition) is 1. The third-order valence-electron chi connectivity index (χ3n) is 3.57. The average Bonchev–Trinajstić information content (AvgIpc) is 2.83. The minimum absolute atomic E-state index is 0.205. The number of nitrogens with zero attached hydrogens (tertiary/aromatic N) is 3. The smallest absolute Gasteiger partial charge is 0.267 e. The largest absolute Gasteiger partial charge is 0.369 e. The fourth-order valence-corrected chi connectivity index (χ4v) is 3.45. The van der Waals surface area contributed by atoms with Crippen molar-refractivity contribution in [1.82, 2.24) is 14.3 Å². The Kier molecular flexibility index (Phi) is 4.68. The van der Waals surface area contributed by atoms with Crippen molar-refractivity contribution >= 4 is 51.7 Å². The minimum Gasteiger partial charge on any atom is -0.369 e. The number of carbonyl (C=O) groups excluding carboxylic acids is 1. The topological polar surface area (TPSA) is 66.7 Å². The molecule has 8 heteroatoms. The maximum atomic E-state index is 12.8. The highest BCUT2D eigenvalue weighted by Crippen LogP contribution is 2.31. The summed E-state index contributed by atoms with van der Waals surface area (Å²) >= 11 is 6.33. The molecule has 1 aliphatic rings. The van der Waals surface area contributed by atoms with E-state index in [9.17, 15) is 9.59 Å². The highest BCUT2D eigenvalue weighted by Gasteiger charge is 2.29. The molecule has 124 valence electrons. The van der Waals surface area contributed by atoms with Crippen LogP contribution < -0.4 is 10.9 Å². The Morgan fingerprint density at radius 1 is 1.38 bits per heavy atom. The van der Waals surface area contributed by atoms with Gasteiger partial charge in [-0.2, -0.15) is 0 Å². The van der Waals surface area contributed by atoms with Gasteiger partial charge in [0.05, 0.1) is 10.5 Å². The Morgan fingerprint density at radius 2 is 2.17 bits per heavy atom. The van der Waals surface area contributed by atoms with Crippen molar-refractivity contribution in [2.45, 2.75) is 13.3 Å². The number of carbonyl (C=O) groups is 1. The maximum Gasteiger partial charge on any atom is 0.267 e. The van der Waals surface area contributed by atoms with E-state index >= 15 is 0 Å². The van der Waals surface area contributed by atoms with Crippen LogP contribution in [0.5, 0.6) is 0 Å². The molecule has 0 unspecified atom stereocenters. The van der Waals surface area contributed by atoms with E-state index in [2.05, 4.69) is 10.3 Å². The van der Waals surface area contributed by atoms with E-state index in [1.54, 1.807) is 31.5 Å². The Balaban J connectivity index is 2.18. The lowest BCUT2D eigenvalue weighted by atomic mass is 10.2. The van der Waals surface area contributed by atoms with Gasteiger partial charge in [-0.1, -0.05) is 37.0 Å². The summed E-state index contributed by atoms with van der Waals surface area (Å²) in [4.78, 5) is 31.4. The molecule has 0 bridgehead atoms. The second-order valence-corrected chi connectivity index (χ2v) is 6.95. The number of amides is 1. The highest BCUT2D eigenvalue weighted by molar-refractivity contribution is 8.26. The van der Waals surface area contributed by atoms with Gasteiger partial charge < -0.3 is 5.32 Å². The van der Waals surface area contributed by atoms with Crippen LogP contribution in [0.2, 0.25) is 0 Å². The van der Waals surface area contributed by atoms with E-state index < -0.39 is 0 Å². The molecule has 1 amide bonds. The number of nitrogens with one attached hydrogen (secondary N) is 1. The van der Waals surface area contributed by atoms with E-state index in [0.29, 0.717) is 32.8 Å². The molecule has 0 radical (unpaired) electrons. The maximum absolute atomic E-state index is 12.8. The normalized spacial score (nSPS) is 16.4. The predicted molar refractivity (Wildman–Crippen MR) is 101 cm³/mol. The molecular weight excluding hydrogens is 344 g/mol. The van der Waals surface area contributed by atoms with Crippen LogP contribution in [0.3, 0.4) is 0 Å². The molecule has 2 aromatic heterocycles. The van der Waals surface area contributed by atoms with Crippen molar-refractivity contribution in [3.05, 3.63) is 45.2 Å². The first-order valence-electron chi connectivity index (χ1n) is 7.49. The van der Waals surface area contributed by atoms with Gasteiger partial charge >= 0.3 is 0 Å². The summed E-state index contributed by atoms with van der Waals surface area (Å²) in [6.07, 6.45) is 4.14. The second-order valence-electron chi connectivity index (χ2n) is 5.28. The van der Waals surface area contributed by atoms with Crippen LogP contribution in [-0.4, -0.2) is 38.1 Å². The summed E-state index contributed by atoms with van der Waals surface area (Å²) in [6, 6.07) is 5.37. The van der Waals surface area contributed by atoms with Crippen molar-refractivity contribution in [2.75, 3.05) is 18.9 Å². The lowest BCUT2D eigenvalue weighted by Gasteiger charge is -2.10. The lowest BCUT2D eigenvalue weighted by Crippen LogP contribution is -2.23. The number of aromatic nitrogens is 2. The molecule has 0 atom stereocenters. The minimum atomic E-state index is -0.222. The third-order valence-corrected chi connectivity index (χ3v) is 5.06. The Hall–Kier alpha value is -2.19. The molecule has 1 saturated heterocycles. The van der Waals surface area contributed by atoms with Crippen molar-refractivity contribution in [1.29, 1.82) is 0 Å².